The minimum atomic E-state index is -0.984. The van der Waals surface area contributed by atoms with Gasteiger partial charge in [0.2, 0.25) is 5.91 Å². The van der Waals surface area contributed by atoms with Gasteiger partial charge in [0.1, 0.15) is 12.6 Å². The quantitative estimate of drug-likeness (QED) is 0.745. The Labute approximate surface area is 181 Å². The van der Waals surface area contributed by atoms with Gasteiger partial charge in [0.25, 0.3) is 0 Å². The highest BCUT2D eigenvalue weighted by molar-refractivity contribution is 5.86. The number of likely N-dealkylation sites (tertiary alicyclic amines) is 1. The highest BCUT2D eigenvalue weighted by Gasteiger charge is 2.36. The zero-order valence-electron chi connectivity index (χ0n) is 17.4. The van der Waals surface area contributed by atoms with E-state index in [0.29, 0.717) is 19.4 Å². The number of rotatable bonds is 6. The second-order valence-corrected chi connectivity index (χ2v) is 8.14. The average Bonchev–Trinajstić information content (AvgIpc) is 3.39. The zero-order valence-corrected chi connectivity index (χ0v) is 17.4. The lowest BCUT2D eigenvalue weighted by Crippen LogP contribution is -2.45. The summed E-state index contributed by atoms with van der Waals surface area (Å²) in [7, 11) is 0. The molecule has 0 saturated carbocycles. The average molecular weight is 422 g/mol. The Morgan fingerprint density at radius 3 is 2.32 bits per heavy atom. The molecule has 7 nitrogen and oxygen atoms in total. The van der Waals surface area contributed by atoms with E-state index in [4.69, 9.17) is 4.74 Å². The number of hydrogen-bond acceptors (Lipinski definition) is 4. The van der Waals surface area contributed by atoms with Crippen LogP contribution in [0.2, 0.25) is 0 Å². The molecular formula is C24H26N2O5. The molecule has 4 rings (SSSR count). The van der Waals surface area contributed by atoms with Crippen LogP contribution < -0.4 is 5.32 Å². The molecule has 1 heterocycles. The number of carbonyl (C=O) groups excluding carboxylic acids is 2. The molecule has 0 spiro atoms. The fourth-order valence-corrected chi connectivity index (χ4v) is 4.54. The van der Waals surface area contributed by atoms with Crippen molar-refractivity contribution < 1.29 is 24.2 Å². The fourth-order valence-electron chi connectivity index (χ4n) is 4.54. The molecule has 0 radical (unpaired) electrons. The van der Waals surface area contributed by atoms with Gasteiger partial charge in [-0.25, -0.2) is 9.59 Å². The van der Waals surface area contributed by atoms with E-state index < -0.39 is 24.0 Å². The maximum Gasteiger partial charge on any atom is 0.407 e. The van der Waals surface area contributed by atoms with E-state index in [1.165, 1.54) is 4.90 Å². The summed E-state index contributed by atoms with van der Waals surface area (Å²) in [6, 6.07) is 15.4. The maximum absolute atomic E-state index is 12.6. The van der Waals surface area contributed by atoms with E-state index in [1.54, 1.807) is 6.92 Å². The van der Waals surface area contributed by atoms with Crippen LogP contribution >= 0.6 is 0 Å². The maximum atomic E-state index is 12.6. The third kappa shape index (κ3) is 4.13. The highest BCUT2D eigenvalue weighted by atomic mass is 16.5. The summed E-state index contributed by atoms with van der Waals surface area (Å²) in [6.45, 7) is 2.42. The standard InChI is InChI=1S/C24H26N2O5/c1-15(22(27)26-12-6-11-21(26)23(28)29)13-25-24(30)31-14-20-18-9-4-2-7-16(18)17-8-3-5-10-19(17)20/h2-5,7-10,15,20-21H,6,11-14H2,1H3,(H,25,30)(H,28,29). The predicted molar refractivity (Wildman–Crippen MR) is 115 cm³/mol. The molecule has 2 atom stereocenters. The smallest absolute Gasteiger partial charge is 0.407 e. The first-order valence-corrected chi connectivity index (χ1v) is 10.6. The second kappa shape index (κ2) is 8.79. The third-order valence-electron chi connectivity index (χ3n) is 6.14. The van der Waals surface area contributed by atoms with Gasteiger partial charge in [0, 0.05) is 19.0 Å². The molecule has 2 aliphatic rings. The number of nitrogens with zero attached hydrogens (tertiary/aromatic N) is 1. The van der Waals surface area contributed by atoms with Gasteiger partial charge in [-0.3, -0.25) is 4.79 Å². The molecule has 2 aromatic carbocycles. The van der Waals surface area contributed by atoms with Crippen molar-refractivity contribution in [3.8, 4) is 11.1 Å². The van der Waals surface area contributed by atoms with E-state index >= 15 is 0 Å². The van der Waals surface area contributed by atoms with Crippen LogP contribution in [0.15, 0.2) is 48.5 Å². The minimum absolute atomic E-state index is 0.0295. The number of carbonyl (C=O) groups is 3. The number of carboxylic acids is 1. The summed E-state index contributed by atoms with van der Waals surface area (Å²) in [4.78, 5) is 37.6. The molecule has 0 aromatic heterocycles. The Hall–Kier alpha value is -3.35. The topological polar surface area (TPSA) is 95.9 Å². The monoisotopic (exact) mass is 422 g/mol. The first-order chi connectivity index (χ1) is 15.0. The third-order valence-corrected chi connectivity index (χ3v) is 6.14. The van der Waals surface area contributed by atoms with Crippen LogP contribution in [0.25, 0.3) is 11.1 Å². The highest BCUT2D eigenvalue weighted by Crippen LogP contribution is 2.44. The summed E-state index contributed by atoms with van der Waals surface area (Å²) in [6.07, 6.45) is 0.556. The van der Waals surface area contributed by atoms with E-state index in [0.717, 1.165) is 22.3 Å². The lowest BCUT2D eigenvalue weighted by atomic mass is 9.98. The SMILES string of the molecule is CC(CNC(=O)OCC1c2ccccc2-c2ccccc21)C(=O)N1CCCC1C(=O)O. The summed E-state index contributed by atoms with van der Waals surface area (Å²) >= 11 is 0. The van der Waals surface area contributed by atoms with Gasteiger partial charge in [-0.05, 0) is 35.1 Å². The van der Waals surface area contributed by atoms with E-state index in [-0.39, 0.29) is 25.0 Å². The van der Waals surface area contributed by atoms with Crippen LogP contribution in [-0.2, 0) is 14.3 Å². The Balaban J connectivity index is 1.32. The number of benzene rings is 2. The van der Waals surface area contributed by atoms with Crippen molar-refractivity contribution in [2.75, 3.05) is 19.7 Å². The Morgan fingerprint density at radius 1 is 1.10 bits per heavy atom. The summed E-state index contributed by atoms with van der Waals surface area (Å²) < 4.78 is 5.49. The van der Waals surface area contributed by atoms with Crippen LogP contribution in [0.5, 0.6) is 0 Å². The molecule has 1 aliphatic heterocycles. The molecule has 2 aromatic rings. The molecular weight excluding hydrogens is 396 g/mol. The molecule has 0 bridgehead atoms. The van der Waals surface area contributed by atoms with Crippen LogP contribution in [0.3, 0.4) is 0 Å². The zero-order chi connectivity index (χ0) is 22.0. The molecule has 31 heavy (non-hydrogen) atoms. The lowest BCUT2D eigenvalue weighted by Gasteiger charge is -2.25. The van der Waals surface area contributed by atoms with Crippen LogP contribution in [0.1, 0.15) is 36.8 Å². The largest absolute Gasteiger partial charge is 0.480 e. The van der Waals surface area contributed by atoms with Gasteiger partial charge in [-0.2, -0.15) is 0 Å². The van der Waals surface area contributed by atoms with Gasteiger partial charge < -0.3 is 20.1 Å². The number of carboxylic acid groups (broad SMARTS) is 1. The molecule has 1 saturated heterocycles. The Bertz CT molecular complexity index is 959. The number of fused-ring (bicyclic) bond motifs is 3. The van der Waals surface area contributed by atoms with E-state index in [2.05, 4.69) is 29.6 Å². The van der Waals surface area contributed by atoms with Crippen molar-refractivity contribution in [2.24, 2.45) is 5.92 Å². The number of alkyl carbamates (subject to hydrolysis) is 1. The second-order valence-electron chi connectivity index (χ2n) is 8.14. The van der Waals surface area contributed by atoms with Crippen molar-refractivity contribution in [3.63, 3.8) is 0 Å². The molecule has 2 unspecified atom stereocenters. The van der Waals surface area contributed by atoms with Gasteiger partial charge in [-0.1, -0.05) is 55.5 Å². The van der Waals surface area contributed by atoms with Crippen molar-refractivity contribution in [3.05, 3.63) is 59.7 Å². The number of hydrogen-bond donors (Lipinski definition) is 2. The lowest BCUT2D eigenvalue weighted by molar-refractivity contribution is -0.149. The van der Waals surface area contributed by atoms with Gasteiger partial charge in [-0.15, -0.1) is 0 Å². The molecule has 1 aliphatic carbocycles. The van der Waals surface area contributed by atoms with E-state index in [9.17, 15) is 19.5 Å². The van der Waals surface area contributed by atoms with Crippen molar-refractivity contribution in [1.82, 2.24) is 10.2 Å². The normalized spacial score (nSPS) is 18.2. The first-order valence-electron chi connectivity index (χ1n) is 10.6. The van der Waals surface area contributed by atoms with Crippen molar-refractivity contribution in [1.29, 1.82) is 0 Å². The summed E-state index contributed by atoms with van der Waals surface area (Å²) in [5.41, 5.74) is 4.58. The molecule has 162 valence electrons. The Morgan fingerprint density at radius 2 is 1.71 bits per heavy atom. The number of aliphatic carboxylic acids is 1. The minimum Gasteiger partial charge on any atom is -0.480 e. The number of nitrogens with one attached hydrogen (secondary N) is 1. The van der Waals surface area contributed by atoms with Crippen molar-refractivity contribution >= 4 is 18.0 Å². The van der Waals surface area contributed by atoms with Crippen LogP contribution in [0, 0.1) is 5.92 Å². The number of amides is 2. The van der Waals surface area contributed by atoms with Gasteiger partial charge in [0.05, 0.1) is 5.92 Å². The fraction of sp³-hybridized carbons (Fsp3) is 0.375. The van der Waals surface area contributed by atoms with Gasteiger partial charge >= 0.3 is 12.1 Å². The molecule has 7 heteroatoms. The molecule has 1 fully saturated rings. The van der Waals surface area contributed by atoms with Crippen LogP contribution in [-0.4, -0.2) is 53.7 Å². The van der Waals surface area contributed by atoms with Crippen molar-refractivity contribution in [2.45, 2.75) is 31.7 Å². The van der Waals surface area contributed by atoms with E-state index in [1.807, 2.05) is 24.3 Å². The number of ether oxygens (including phenoxy) is 1. The summed E-state index contributed by atoms with van der Waals surface area (Å²) in [5, 5.41) is 11.9. The first kappa shape index (κ1) is 20.9. The van der Waals surface area contributed by atoms with Gasteiger partial charge in [0.15, 0.2) is 0 Å². The molecule has 2 N–H and O–H groups in total. The van der Waals surface area contributed by atoms with Crippen LogP contribution in [0.4, 0.5) is 4.79 Å². The Kier molecular flexibility index (Phi) is 5.93. The summed E-state index contributed by atoms with van der Waals surface area (Å²) in [5.74, 6) is -1.80. The predicted octanol–water partition coefficient (Wildman–Crippen LogP) is 3.24. The molecule has 2 amide bonds.